The number of hydrogen-bond donors (Lipinski definition) is 0. The van der Waals surface area contributed by atoms with Crippen molar-refractivity contribution in [2.24, 2.45) is 10.9 Å². The zero-order chi connectivity index (χ0) is 19.1. The molecular formula is C19H26N2O3S2. The van der Waals surface area contributed by atoms with Gasteiger partial charge < -0.3 is 4.90 Å². The normalized spacial score (nSPS) is 27.1. The van der Waals surface area contributed by atoms with Crippen LogP contribution in [0.3, 0.4) is 0 Å². The van der Waals surface area contributed by atoms with Crippen LogP contribution in [0.15, 0.2) is 29.3 Å². The second-order valence-electron chi connectivity index (χ2n) is 7.43. The number of benzene rings is 1. The van der Waals surface area contributed by atoms with Gasteiger partial charge in [-0.1, -0.05) is 57.7 Å². The molecule has 142 valence electrons. The van der Waals surface area contributed by atoms with E-state index in [0.29, 0.717) is 11.1 Å². The minimum absolute atomic E-state index is 0.0660. The molecule has 3 atom stereocenters. The van der Waals surface area contributed by atoms with Gasteiger partial charge in [-0.25, -0.2) is 8.42 Å². The molecule has 2 aliphatic rings. The first-order valence-corrected chi connectivity index (χ1v) is 11.8. The average Bonchev–Trinajstić information content (AvgIpc) is 3.04. The van der Waals surface area contributed by atoms with E-state index in [4.69, 9.17) is 0 Å². The van der Waals surface area contributed by atoms with Crippen LogP contribution in [0.5, 0.6) is 0 Å². The highest BCUT2D eigenvalue weighted by molar-refractivity contribution is 8.16. The van der Waals surface area contributed by atoms with Crippen molar-refractivity contribution in [2.75, 3.05) is 16.4 Å². The lowest BCUT2D eigenvalue weighted by Gasteiger charge is -2.28. The Morgan fingerprint density at radius 2 is 1.96 bits per heavy atom. The van der Waals surface area contributed by atoms with Gasteiger partial charge in [-0.15, -0.1) is 0 Å². The Morgan fingerprint density at radius 1 is 1.27 bits per heavy atom. The van der Waals surface area contributed by atoms with Crippen LogP contribution in [0.2, 0.25) is 0 Å². The number of nitrogens with zero attached hydrogens (tertiary/aromatic N) is 2. The van der Waals surface area contributed by atoms with E-state index in [1.807, 2.05) is 36.9 Å². The molecule has 5 nitrogen and oxygen atoms in total. The summed E-state index contributed by atoms with van der Waals surface area (Å²) in [5, 5.41) is 0.581. The lowest BCUT2D eigenvalue weighted by atomic mass is 9.99. The van der Waals surface area contributed by atoms with Crippen LogP contribution < -0.4 is 4.90 Å². The molecular weight excluding hydrogens is 368 g/mol. The van der Waals surface area contributed by atoms with Gasteiger partial charge in [0, 0.05) is 16.9 Å². The molecule has 26 heavy (non-hydrogen) atoms. The Hall–Kier alpha value is -1.34. The first kappa shape index (κ1) is 19.4. The number of para-hydroxylation sites is 1. The van der Waals surface area contributed by atoms with Gasteiger partial charge in [0.25, 0.3) is 5.91 Å². The van der Waals surface area contributed by atoms with E-state index in [1.165, 1.54) is 11.8 Å². The molecule has 0 aliphatic carbocycles. The van der Waals surface area contributed by atoms with Crippen LogP contribution in [-0.4, -0.2) is 42.3 Å². The van der Waals surface area contributed by atoms with Crippen molar-refractivity contribution in [3.8, 4) is 0 Å². The van der Waals surface area contributed by atoms with Crippen LogP contribution >= 0.6 is 11.8 Å². The molecule has 2 saturated heterocycles. The van der Waals surface area contributed by atoms with Gasteiger partial charge in [-0.3, -0.25) is 4.79 Å². The summed E-state index contributed by atoms with van der Waals surface area (Å²) in [5.41, 5.74) is 2.11. The summed E-state index contributed by atoms with van der Waals surface area (Å²) in [5.74, 6) is 0.298. The maximum Gasteiger partial charge on any atom is 0.250 e. The Morgan fingerprint density at radius 3 is 2.62 bits per heavy atom. The van der Waals surface area contributed by atoms with E-state index in [9.17, 15) is 13.2 Å². The minimum Gasteiger partial charge on any atom is -0.315 e. The molecule has 0 radical (unpaired) electrons. The van der Waals surface area contributed by atoms with Gasteiger partial charge in [-0.2, -0.15) is 4.99 Å². The topological polar surface area (TPSA) is 66.8 Å². The van der Waals surface area contributed by atoms with E-state index in [0.717, 1.165) is 17.7 Å². The van der Waals surface area contributed by atoms with Crippen molar-refractivity contribution >= 4 is 38.4 Å². The summed E-state index contributed by atoms with van der Waals surface area (Å²) in [7, 11) is -3.05. The summed E-state index contributed by atoms with van der Waals surface area (Å²) in [6.07, 6.45) is 0.740. The summed E-state index contributed by atoms with van der Waals surface area (Å²) in [6.45, 7) is 8.08. The van der Waals surface area contributed by atoms with E-state index >= 15 is 0 Å². The third kappa shape index (κ3) is 3.69. The molecule has 3 rings (SSSR count). The molecule has 0 saturated carbocycles. The van der Waals surface area contributed by atoms with Crippen molar-refractivity contribution in [1.29, 1.82) is 0 Å². The number of fused-ring (bicyclic) bond motifs is 1. The number of anilines is 1. The van der Waals surface area contributed by atoms with Crippen molar-refractivity contribution in [2.45, 2.75) is 51.3 Å². The second kappa shape index (κ2) is 7.35. The summed E-state index contributed by atoms with van der Waals surface area (Å²) < 4.78 is 24.4. The number of rotatable bonds is 4. The number of thioether (sulfide) groups is 1. The monoisotopic (exact) mass is 394 g/mol. The standard InChI is InChI=1S/C19H26N2O3S2/c1-5-13(4)18(22)20-19-21(15-9-7-6-8-14(15)12(2)3)16-10-26(23,24)11-17(16)25-19/h6-9,12-13,16-17H,5,10-11H2,1-4H3/t13-,16-,17+/m0/s1. The summed E-state index contributed by atoms with van der Waals surface area (Å²) >= 11 is 1.44. The van der Waals surface area contributed by atoms with E-state index in [1.54, 1.807) is 0 Å². The molecule has 0 aromatic heterocycles. The number of aliphatic imine (C=N–C) groups is 1. The fourth-order valence-electron chi connectivity index (χ4n) is 3.42. The average molecular weight is 395 g/mol. The summed E-state index contributed by atoms with van der Waals surface area (Å²) in [4.78, 5) is 18.8. The summed E-state index contributed by atoms with van der Waals surface area (Å²) in [6, 6.07) is 7.86. The number of amides is 1. The zero-order valence-corrected chi connectivity index (χ0v) is 17.3. The highest BCUT2D eigenvalue weighted by atomic mass is 32.2. The number of carbonyl (C=O) groups excluding carboxylic acids is 1. The highest BCUT2D eigenvalue weighted by Gasteiger charge is 2.49. The van der Waals surface area contributed by atoms with Crippen LogP contribution in [0.4, 0.5) is 5.69 Å². The van der Waals surface area contributed by atoms with Crippen LogP contribution in [0, 0.1) is 5.92 Å². The van der Waals surface area contributed by atoms with Crippen molar-refractivity contribution in [3.05, 3.63) is 29.8 Å². The molecule has 7 heteroatoms. The quantitative estimate of drug-likeness (QED) is 0.782. The van der Waals surface area contributed by atoms with E-state index in [-0.39, 0.29) is 34.6 Å². The number of amidine groups is 1. The minimum atomic E-state index is -3.05. The largest absolute Gasteiger partial charge is 0.315 e. The molecule has 0 spiro atoms. The highest BCUT2D eigenvalue weighted by Crippen LogP contribution is 2.43. The molecule has 2 aliphatic heterocycles. The fourth-order valence-corrected chi connectivity index (χ4v) is 7.33. The van der Waals surface area contributed by atoms with Crippen molar-refractivity contribution < 1.29 is 13.2 Å². The smallest absolute Gasteiger partial charge is 0.250 e. The van der Waals surface area contributed by atoms with Gasteiger partial charge in [0.05, 0.1) is 17.5 Å². The van der Waals surface area contributed by atoms with Gasteiger partial charge in [0.2, 0.25) is 0 Å². The number of sulfone groups is 1. The molecule has 2 heterocycles. The van der Waals surface area contributed by atoms with Gasteiger partial charge >= 0.3 is 0 Å². The van der Waals surface area contributed by atoms with E-state index < -0.39 is 9.84 Å². The van der Waals surface area contributed by atoms with Crippen LogP contribution in [0.25, 0.3) is 0 Å². The lowest BCUT2D eigenvalue weighted by Crippen LogP contribution is -2.38. The maximum absolute atomic E-state index is 12.4. The fraction of sp³-hybridized carbons (Fsp3) is 0.579. The predicted molar refractivity (Wildman–Crippen MR) is 109 cm³/mol. The molecule has 0 bridgehead atoms. The molecule has 1 aromatic carbocycles. The Kier molecular flexibility index (Phi) is 5.49. The predicted octanol–water partition coefficient (Wildman–Crippen LogP) is 3.46. The first-order chi connectivity index (χ1) is 12.2. The number of carbonyl (C=O) groups is 1. The van der Waals surface area contributed by atoms with Crippen molar-refractivity contribution in [3.63, 3.8) is 0 Å². The maximum atomic E-state index is 12.4. The SMILES string of the molecule is CC[C@H](C)C(=O)N=C1S[C@@H]2CS(=O)(=O)C[C@@H]2N1c1ccccc1C(C)C. The van der Waals surface area contributed by atoms with Gasteiger partial charge in [0.15, 0.2) is 15.0 Å². The molecule has 1 aromatic rings. The zero-order valence-electron chi connectivity index (χ0n) is 15.7. The van der Waals surface area contributed by atoms with Crippen molar-refractivity contribution in [1.82, 2.24) is 0 Å². The third-order valence-electron chi connectivity index (χ3n) is 5.12. The Labute approximate surface area is 160 Å². The Bertz CT molecular complexity index is 833. The second-order valence-corrected chi connectivity index (χ2v) is 10.8. The number of hydrogen-bond acceptors (Lipinski definition) is 4. The van der Waals surface area contributed by atoms with Crippen LogP contribution in [-0.2, 0) is 14.6 Å². The molecule has 0 N–H and O–H groups in total. The molecule has 1 amide bonds. The van der Waals surface area contributed by atoms with Crippen LogP contribution in [0.1, 0.15) is 45.6 Å². The third-order valence-corrected chi connectivity index (χ3v) is 8.33. The lowest BCUT2D eigenvalue weighted by molar-refractivity contribution is -0.121. The molecule has 2 fully saturated rings. The first-order valence-electron chi connectivity index (χ1n) is 9.11. The molecule has 0 unspecified atom stereocenters. The Balaban J connectivity index is 2.07. The van der Waals surface area contributed by atoms with E-state index in [2.05, 4.69) is 24.9 Å². The van der Waals surface area contributed by atoms with Gasteiger partial charge in [-0.05, 0) is 24.0 Å². The van der Waals surface area contributed by atoms with Gasteiger partial charge in [0.1, 0.15) is 0 Å².